The highest BCUT2D eigenvalue weighted by molar-refractivity contribution is 6.62. The average molecular weight is 288 g/mol. The van der Waals surface area contributed by atoms with Crippen LogP contribution >= 0.6 is 0 Å². The Morgan fingerprint density at radius 2 is 1.76 bits per heavy atom. The maximum atomic E-state index is 13.9. The number of hydrogen-bond donors (Lipinski definition) is 1. The third kappa shape index (κ3) is 2.49. The maximum Gasteiger partial charge on any atom is 0.494 e. The summed E-state index contributed by atoms with van der Waals surface area (Å²) in [5, 5.41) is 0. The van der Waals surface area contributed by atoms with E-state index in [0.29, 0.717) is 16.9 Å². The Labute approximate surface area is 123 Å². The van der Waals surface area contributed by atoms with Gasteiger partial charge in [-0.15, -0.1) is 0 Å². The van der Waals surface area contributed by atoms with Gasteiger partial charge in [0.05, 0.1) is 11.2 Å². The van der Waals surface area contributed by atoms with Crippen molar-refractivity contribution in [2.75, 3.05) is 0 Å². The zero-order chi connectivity index (χ0) is 15.3. The molecule has 1 saturated heterocycles. The van der Waals surface area contributed by atoms with E-state index in [2.05, 4.69) is 9.97 Å². The van der Waals surface area contributed by atoms with Gasteiger partial charge >= 0.3 is 7.12 Å². The number of halogens is 1. The van der Waals surface area contributed by atoms with Crippen molar-refractivity contribution in [1.29, 1.82) is 0 Å². The van der Waals surface area contributed by atoms with Gasteiger partial charge in [0.25, 0.3) is 0 Å². The van der Waals surface area contributed by atoms with E-state index in [9.17, 15) is 4.39 Å². The molecule has 1 aliphatic heterocycles. The minimum absolute atomic E-state index is 0.339. The number of benzene rings is 1. The molecule has 1 fully saturated rings. The number of imidazole rings is 1. The number of aromatic amines is 1. The Morgan fingerprint density at radius 3 is 2.33 bits per heavy atom. The summed E-state index contributed by atoms with van der Waals surface area (Å²) in [4.78, 5) is 7.12. The van der Waals surface area contributed by atoms with Gasteiger partial charge in [-0.3, -0.25) is 0 Å². The number of nitrogens with one attached hydrogen (secondary N) is 1. The molecule has 1 aliphatic rings. The number of hydrogen-bond acceptors (Lipinski definition) is 3. The van der Waals surface area contributed by atoms with Gasteiger partial charge in [0.1, 0.15) is 11.6 Å². The summed E-state index contributed by atoms with van der Waals surface area (Å²) in [6.07, 6.45) is 3.34. The Kier molecular flexibility index (Phi) is 3.18. The predicted molar refractivity (Wildman–Crippen MR) is 79.7 cm³/mol. The molecule has 2 aromatic rings. The molecule has 21 heavy (non-hydrogen) atoms. The zero-order valence-electron chi connectivity index (χ0n) is 12.6. The van der Waals surface area contributed by atoms with Gasteiger partial charge in [-0.1, -0.05) is 6.07 Å². The summed E-state index contributed by atoms with van der Waals surface area (Å²) in [6.45, 7) is 7.89. The molecule has 2 heterocycles. The van der Waals surface area contributed by atoms with Crippen molar-refractivity contribution in [3.63, 3.8) is 0 Å². The standard InChI is InChI=1S/C15H18BFN2O2/c1-14(2)15(3,4)21-16(20-14)11-7-10(8-12(17)9-11)13-18-5-6-19-13/h5-9H,1-4H3,(H,18,19). The van der Waals surface area contributed by atoms with Crippen LogP contribution < -0.4 is 5.46 Å². The SMILES string of the molecule is CC1(C)OB(c2cc(F)cc(-c3ncc[nH]3)c2)OC1(C)C. The monoisotopic (exact) mass is 288 g/mol. The summed E-state index contributed by atoms with van der Waals surface area (Å²) >= 11 is 0. The van der Waals surface area contributed by atoms with E-state index >= 15 is 0 Å². The van der Waals surface area contributed by atoms with E-state index in [1.54, 1.807) is 12.4 Å². The molecule has 0 bridgehead atoms. The van der Waals surface area contributed by atoms with Crippen molar-refractivity contribution < 1.29 is 13.7 Å². The fourth-order valence-corrected chi connectivity index (χ4v) is 2.29. The van der Waals surface area contributed by atoms with Gasteiger partial charge in [0, 0.05) is 18.0 Å². The van der Waals surface area contributed by atoms with E-state index in [-0.39, 0.29) is 5.82 Å². The van der Waals surface area contributed by atoms with Crippen molar-refractivity contribution in [1.82, 2.24) is 9.97 Å². The Morgan fingerprint density at radius 1 is 1.10 bits per heavy atom. The van der Waals surface area contributed by atoms with Crippen LogP contribution in [0.4, 0.5) is 4.39 Å². The third-order valence-corrected chi connectivity index (χ3v) is 4.22. The Hall–Kier alpha value is -1.66. The first kappa shape index (κ1) is 14.3. The molecular weight excluding hydrogens is 270 g/mol. The van der Waals surface area contributed by atoms with Gasteiger partial charge in [-0.05, 0) is 45.3 Å². The molecule has 110 valence electrons. The third-order valence-electron chi connectivity index (χ3n) is 4.22. The van der Waals surface area contributed by atoms with Crippen molar-refractivity contribution in [3.8, 4) is 11.4 Å². The number of nitrogens with zero attached hydrogens (tertiary/aromatic N) is 1. The normalized spacial score (nSPS) is 20.0. The van der Waals surface area contributed by atoms with Crippen LogP contribution in [0.5, 0.6) is 0 Å². The minimum atomic E-state index is -0.584. The highest BCUT2D eigenvalue weighted by Gasteiger charge is 2.51. The molecule has 0 amide bonds. The smallest absolute Gasteiger partial charge is 0.399 e. The van der Waals surface area contributed by atoms with E-state index < -0.39 is 18.3 Å². The zero-order valence-corrected chi connectivity index (χ0v) is 12.6. The molecule has 1 aromatic heterocycles. The second-order valence-electron chi connectivity index (χ2n) is 6.30. The van der Waals surface area contributed by atoms with Gasteiger partial charge in [-0.2, -0.15) is 0 Å². The molecule has 0 aliphatic carbocycles. The first-order valence-electron chi connectivity index (χ1n) is 6.94. The molecule has 0 radical (unpaired) electrons. The molecule has 6 heteroatoms. The molecule has 0 unspecified atom stereocenters. The summed E-state index contributed by atoms with van der Waals surface area (Å²) < 4.78 is 25.8. The average Bonchev–Trinajstić information content (AvgIpc) is 2.96. The molecule has 1 aromatic carbocycles. The maximum absolute atomic E-state index is 13.9. The predicted octanol–water partition coefficient (Wildman–Crippen LogP) is 2.52. The summed E-state index contributed by atoms with van der Waals surface area (Å²) in [5.41, 5.74) is 0.425. The van der Waals surface area contributed by atoms with Crippen LogP contribution in [0.1, 0.15) is 27.7 Å². The Bertz CT molecular complexity index is 640. The second-order valence-corrected chi connectivity index (χ2v) is 6.30. The number of H-pyrrole nitrogens is 1. The van der Waals surface area contributed by atoms with Crippen LogP contribution in [-0.4, -0.2) is 28.3 Å². The lowest BCUT2D eigenvalue weighted by Crippen LogP contribution is -2.41. The summed E-state index contributed by atoms with van der Waals surface area (Å²) in [7, 11) is -0.584. The first-order chi connectivity index (χ1) is 9.78. The summed E-state index contributed by atoms with van der Waals surface area (Å²) in [5.74, 6) is 0.279. The van der Waals surface area contributed by atoms with Gasteiger partial charge < -0.3 is 14.3 Å². The summed E-state index contributed by atoms with van der Waals surface area (Å²) in [6, 6.07) is 4.71. The molecule has 0 spiro atoms. The molecule has 0 saturated carbocycles. The van der Waals surface area contributed by atoms with Crippen LogP contribution in [-0.2, 0) is 9.31 Å². The number of rotatable bonds is 2. The van der Waals surface area contributed by atoms with E-state index in [4.69, 9.17) is 9.31 Å². The minimum Gasteiger partial charge on any atom is -0.399 e. The fourth-order valence-electron chi connectivity index (χ4n) is 2.29. The van der Waals surface area contributed by atoms with E-state index in [1.165, 1.54) is 12.1 Å². The van der Waals surface area contributed by atoms with E-state index in [0.717, 1.165) is 0 Å². The van der Waals surface area contributed by atoms with Crippen LogP contribution in [0.3, 0.4) is 0 Å². The quantitative estimate of drug-likeness (QED) is 0.864. The highest BCUT2D eigenvalue weighted by Crippen LogP contribution is 2.36. The first-order valence-corrected chi connectivity index (χ1v) is 6.94. The number of aromatic nitrogens is 2. The van der Waals surface area contributed by atoms with Crippen molar-refractivity contribution in [2.24, 2.45) is 0 Å². The van der Waals surface area contributed by atoms with Crippen molar-refractivity contribution >= 4 is 12.6 Å². The molecule has 4 nitrogen and oxygen atoms in total. The van der Waals surface area contributed by atoms with Crippen molar-refractivity contribution in [3.05, 3.63) is 36.4 Å². The lowest BCUT2D eigenvalue weighted by Gasteiger charge is -2.32. The molecule has 0 atom stereocenters. The molecule has 3 rings (SSSR count). The van der Waals surface area contributed by atoms with Crippen LogP contribution in [0, 0.1) is 5.82 Å². The van der Waals surface area contributed by atoms with Crippen molar-refractivity contribution in [2.45, 2.75) is 38.9 Å². The van der Waals surface area contributed by atoms with Gasteiger partial charge in [-0.25, -0.2) is 9.37 Å². The van der Waals surface area contributed by atoms with Gasteiger partial charge in [0.2, 0.25) is 0 Å². The topological polar surface area (TPSA) is 47.1 Å². The fraction of sp³-hybridized carbons (Fsp3) is 0.400. The van der Waals surface area contributed by atoms with E-state index in [1.807, 2.05) is 33.8 Å². The van der Waals surface area contributed by atoms with Crippen LogP contribution in [0.25, 0.3) is 11.4 Å². The van der Waals surface area contributed by atoms with Gasteiger partial charge in [0.15, 0.2) is 0 Å². The lowest BCUT2D eigenvalue weighted by atomic mass is 9.78. The van der Waals surface area contributed by atoms with Crippen LogP contribution in [0.15, 0.2) is 30.6 Å². The molecule has 1 N–H and O–H groups in total. The lowest BCUT2D eigenvalue weighted by molar-refractivity contribution is 0.00578. The molecular formula is C15H18BFN2O2. The second kappa shape index (κ2) is 4.68. The Balaban J connectivity index is 1.97. The van der Waals surface area contributed by atoms with Crippen LogP contribution in [0.2, 0.25) is 0 Å². The largest absolute Gasteiger partial charge is 0.494 e. The highest BCUT2D eigenvalue weighted by atomic mass is 19.1.